The first-order valence-corrected chi connectivity index (χ1v) is 10.4. The minimum atomic E-state index is -3.73. The minimum absolute atomic E-state index is 0.196. The predicted octanol–water partition coefficient (Wildman–Crippen LogP) is 3.30. The number of benzene rings is 2. The summed E-state index contributed by atoms with van der Waals surface area (Å²) in [6.07, 6.45) is 1.90. The van der Waals surface area contributed by atoms with Gasteiger partial charge in [0.25, 0.3) is 0 Å². The van der Waals surface area contributed by atoms with Crippen molar-refractivity contribution in [1.82, 2.24) is 4.31 Å². The van der Waals surface area contributed by atoms with E-state index in [9.17, 15) is 13.2 Å². The highest BCUT2D eigenvalue weighted by molar-refractivity contribution is 7.89. The Kier molecular flexibility index (Phi) is 7.38. The van der Waals surface area contributed by atoms with Crippen LogP contribution in [0.15, 0.2) is 53.4 Å². The van der Waals surface area contributed by atoms with E-state index in [-0.39, 0.29) is 18.0 Å². The van der Waals surface area contributed by atoms with Crippen LogP contribution >= 0.6 is 0 Å². The molecule has 0 saturated carbocycles. The molecule has 0 aliphatic heterocycles. The molecule has 146 valence electrons. The number of ether oxygens (including phenoxy) is 1. The van der Waals surface area contributed by atoms with Gasteiger partial charge >= 0.3 is 0 Å². The minimum Gasteiger partial charge on any atom is -0.497 e. The van der Waals surface area contributed by atoms with E-state index in [1.54, 1.807) is 50.4 Å². The first kappa shape index (κ1) is 20.9. The van der Waals surface area contributed by atoms with Crippen LogP contribution < -0.4 is 10.1 Å². The van der Waals surface area contributed by atoms with Crippen LogP contribution in [-0.2, 0) is 21.2 Å². The van der Waals surface area contributed by atoms with E-state index in [1.807, 2.05) is 12.1 Å². The average molecular weight is 391 g/mol. The highest BCUT2D eigenvalue weighted by atomic mass is 32.2. The second-order valence-electron chi connectivity index (χ2n) is 6.10. The number of hydrogen-bond donors (Lipinski definition) is 1. The van der Waals surface area contributed by atoms with Crippen molar-refractivity contribution in [2.24, 2.45) is 0 Å². The van der Waals surface area contributed by atoms with Gasteiger partial charge in [0.2, 0.25) is 15.9 Å². The molecular formula is C20H26N2O4S. The van der Waals surface area contributed by atoms with Gasteiger partial charge in [-0.3, -0.25) is 4.79 Å². The lowest BCUT2D eigenvalue weighted by Gasteiger charge is -2.20. The molecule has 0 atom stereocenters. The molecule has 0 aliphatic carbocycles. The summed E-state index contributed by atoms with van der Waals surface area (Å²) in [5.41, 5.74) is 1.68. The number of carbonyl (C=O) groups is 1. The second kappa shape index (κ2) is 9.53. The summed E-state index contributed by atoms with van der Waals surface area (Å²) in [6, 6.07) is 13.7. The van der Waals surface area contributed by atoms with Crippen molar-refractivity contribution in [2.45, 2.75) is 31.6 Å². The van der Waals surface area contributed by atoms with E-state index < -0.39 is 15.9 Å². The Hall–Kier alpha value is -2.38. The summed E-state index contributed by atoms with van der Waals surface area (Å²) in [5.74, 6) is 0.283. The van der Waals surface area contributed by atoms with Crippen molar-refractivity contribution in [1.29, 1.82) is 0 Å². The Bertz CT molecular complexity index is 847. The number of carbonyl (C=O) groups excluding carboxylic acids is 1. The van der Waals surface area contributed by atoms with Gasteiger partial charge in [0.15, 0.2) is 0 Å². The topological polar surface area (TPSA) is 75.7 Å². The highest BCUT2D eigenvalue weighted by Crippen LogP contribution is 2.18. The number of nitrogens with zero attached hydrogens (tertiary/aromatic N) is 1. The SMILES string of the molecule is CCCc1ccc(S(=O)(=O)N(CC)CC(=O)Nc2ccc(OC)cc2)cc1. The lowest BCUT2D eigenvalue weighted by Crippen LogP contribution is -2.37. The fourth-order valence-corrected chi connectivity index (χ4v) is 4.07. The number of hydrogen-bond acceptors (Lipinski definition) is 4. The van der Waals surface area contributed by atoms with Crippen molar-refractivity contribution in [3.63, 3.8) is 0 Å². The maximum atomic E-state index is 12.8. The third kappa shape index (κ3) is 5.55. The summed E-state index contributed by atoms with van der Waals surface area (Å²) in [6.45, 7) is 3.74. The van der Waals surface area contributed by atoms with Crippen molar-refractivity contribution in [3.05, 3.63) is 54.1 Å². The number of sulfonamides is 1. The Morgan fingerprint density at radius 1 is 1.04 bits per heavy atom. The van der Waals surface area contributed by atoms with Crippen molar-refractivity contribution in [3.8, 4) is 5.75 Å². The lowest BCUT2D eigenvalue weighted by atomic mass is 10.1. The molecule has 0 spiro atoms. The van der Waals surface area contributed by atoms with Crippen LogP contribution in [0, 0.1) is 0 Å². The number of nitrogens with one attached hydrogen (secondary N) is 1. The first-order valence-electron chi connectivity index (χ1n) is 8.93. The zero-order valence-corrected chi connectivity index (χ0v) is 16.8. The van der Waals surface area contributed by atoms with Crippen molar-refractivity contribution < 1.29 is 17.9 Å². The first-order chi connectivity index (χ1) is 12.9. The maximum absolute atomic E-state index is 12.8. The van der Waals surface area contributed by atoms with Crippen molar-refractivity contribution in [2.75, 3.05) is 25.5 Å². The summed E-state index contributed by atoms with van der Waals surface area (Å²) in [4.78, 5) is 12.5. The lowest BCUT2D eigenvalue weighted by molar-refractivity contribution is -0.116. The number of rotatable bonds is 9. The van der Waals surface area contributed by atoms with E-state index in [4.69, 9.17) is 4.74 Å². The van der Waals surface area contributed by atoms with E-state index in [2.05, 4.69) is 12.2 Å². The van der Waals surface area contributed by atoms with Gasteiger partial charge < -0.3 is 10.1 Å². The second-order valence-corrected chi connectivity index (χ2v) is 8.04. The third-order valence-corrected chi connectivity index (χ3v) is 6.08. The van der Waals surface area contributed by atoms with Crippen LogP contribution in [0.5, 0.6) is 5.75 Å². The van der Waals surface area contributed by atoms with Gasteiger partial charge in [-0.1, -0.05) is 32.4 Å². The molecule has 27 heavy (non-hydrogen) atoms. The smallest absolute Gasteiger partial charge is 0.243 e. The molecule has 0 unspecified atom stereocenters. The van der Waals surface area contributed by atoms with E-state index in [0.717, 1.165) is 18.4 Å². The van der Waals surface area contributed by atoms with Gasteiger partial charge in [-0.25, -0.2) is 8.42 Å². The molecule has 7 heteroatoms. The molecule has 1 N–H and O–H groups in total. The Balaban J connectivity index is 2.08. The van der Waals surface area contributed by atoms with Crippen LogP contribution in [0.2, 0.25) is 0 Å². The normalized spacial score (nSPS) is 11.4. The molecule has 0 radical (unpaired) electrons. The standard InChI is InChI=1S/C20H26N2O4S/c1-4-6-16-7-13-19(14-8-16)27(24,25)22(5-2)15-20(23)21-17-9-11-18(26-3)12-10-17/h7-14H,4-6,15H2,1-3H3,(H,21,23). The molecule has 1 amide bonds. The van der Waals surface area contributed by atoms with Crippen molar-refractivity contribution >= 4 is 21.6 Å². The molecular weight excluding hydrogens is 364 g/mol. The van der Waals surface area contributed by atoms with Gasteiger partial charge in [-0.2, -0.15) is 4.31 Å². The Morgan fingerprint density at radius 2 is 1.67 bits per heavy atom. The Labute approximate surface area is 161 Å². The van der Waals surface area contributed by atoms with Crippen LogP contribution in [0.1, 0.15) is 25.8 Å². The molecule has 0 saturated heterocycles. The number of anilines is 1. The Morgan fingerprint density at radius 3 is 2.19 bits per heavy atom. The monoisotopic (exact) mass is 390 g/mol. The number of likely N-dealkylation sites (N-methyl/N-ethyl adjacent to an activating group) is 1. The number of aryl methyl sites for hydroxylation is 1. The fraction of sp³-hybridized carbons (Fsp3) is 0.350. The molecule has 0 aliphatic rings. The summed E-state index contributed by atoms with van der Waals surface area (Å²) in [7, 11) is -2.17. The molecule has 0 fully saturated rings. The zero-order valence-electron chi connectivity index (χ0n) is 15.9. The van der Waals surface area contributed by atoms with Gasteiger partial charge in [-0.05, 0) is 48.4 Å². The maximum Gasteiger partial charge on any atom is 0.243 e. The van der Waals surface area contributed by atoms with Gasteiger partial charge in [0, 0.05) is 12.2 Å². The molecule has 0 heterocycles. The molecule has 0 aromatic heterocycles. The van der Waals surface area contributed by atoms with Gasteiger partial charge in [0.05, 0.1) is 18.6 Å². The van der Waals surface area contributed by atoms with Gasteiger partial charge in [0.1, 0.15) is 5.75 Å². The van der Waals surface area contributed by atoms with E-state index in [1.165, 1.54) is 4.31 Å². The summed E-state index contributed by atoms with van der Waals surface area (Å²) >= 11 is 0. The molecule has 2 aromatic rings. The average Bonchev–Trinajstić information content (AvgIpc) is 2.67. The molecule has 0 bridgehead atoms. The number of amides is 1. The largest absolute Gasteiger partial charge is 0.497 e. The fourth-order valence-electron chi connectivity index (χ4n) is 2.67. The van der Waals surface area contributed by atoms with E-state index >= 15 is 0 Å². The van der Waals surface area contributed by atoms with Crippen LogP contribution in [0.4, 0.5) is 5.69 Å². The van der Waals surface area contributed by atoms with Gasteiger partial charge in [-0.15, -0.1) is 0 Å². The highest BCUT2D eigenvalue weighted by Gasteiger charge is 2.25. The number of methoxy groups -OCH3 is 1. The van der Waals surface area contributed by atoms with Crippen LogP contribution in [-0.4, -0.2) is 38.8 Å². The van der Waals surface area contributed by atoms with Crippen LogP contribution in [0.3, 0.4) is 0 Å². The molecule has 6 nitrogen and oxygen atoms in total. The zero-order chi connectivity index (χ0) is 19.9. The summed E-state index contributed by atoms with van der Waals surface area (Å²) < 4.78 is 31.9. The third-order valence-electron chi connectivity index (χ3n) is 4.15. The quantitative estimate of drug-likeness (QED) is 0.713. The summed E-state index contributed by atoms with van der Waals surface area (Å²) in [5, 5.41) is 2.71. The van der Waals surface area contributed by atoms with E-state index in [0.29, 0.717) is 11.4 Å². The van der Waals surface area contributed by atoms with Crippen LogP contribution in [0.25, 0.3) is 0 Å². The molecule has 2 rings (SSSR count). The predicted molar refractivity (Wildman–Crippen MR) is 106 cm³/mol. The molecule has 2 aromatic carbocycles.